The molecule has 4 nitrogen and oxygen atoms in total. The highest BCUT2D eigenvalue weighted by atomic mass is 16.5. The minimum Gasteiger partial charge on any atom is -0.468 e. The smallest absolute Gasteiger partial charge is 0.327 e. The van der Waals surface area contributed by atoms with E-state index in [-0.39, 0.29) is 0 Å². The van der Waals surface area contributed by atoms with E-state index in [9.17, 15) is 9.59 Å². The van der Waals surface area contributed by atoms with E-state index in [1.165, 1.54) is 14.2 Å². The predicted octanol–water partition coefficient (Wildman–Crippen LogP) is 3.22. The molecule has 1 aliphatic rings. The second-order valence-corrected chi connectivity index (χ2v) is 5.65. The third-order valence-electron chi connectivity index (χ3n) is 4.33. The van der Waals surface area contributed by atoms with Crippen molar-refractivity contribution in [3.63, 3.8) is 0 Å². The fourth-order valence-corrected chi connectivity index (χ4v) is 3.07. The molecule has 1 saturated carbocycles. The zero-order chi connectivity index (χ0) is 17.2. The normalized spacial score (nSPS) is 14.7. The number of ether oxygens (including phenoxy) is 2. The van der Waals surface area contributed by atoms with Crippen LogP contribution in [0.25, 0.3) is 5.57 Å². The lowest BCUT2D eigenvalue weighted by molar-refractivity contribution is -0.160. The Bertz CT molecular complexity index is 733. The van der Waals surface area contributed by atoms with Crippen LogP contribution in [-0.2, 0) is 19.1 Å². The first-order valence-electron chi connectivity index (χ1n) is 7.66. The molecule has 0 N–H and O–H groups in total. The number of carbonyl (C=O) groups is 2. The molecule has 3 rings (SSSR count). The fourth-order valence-electron chi connectivity index (χ4n) is 3.07. The molecule has 1 aliphatic carbocycles. The number of benzene rings is 2. The van der Waals surface area contributed by atoms with Crippen molar-refractivity contribution in [1.29, 1.82) is 0 Å². The molecule has 0 atom stereocenters. The maximum atomic E-state index is 12.3. The zero-order valence-corrected chi connectivity index (χ0v) is 13.6. The average Bonchev–Trinajstić information content (AvgIpc) is 3.38. The van der Waals surface area contributed by atoms with Crippen LogP contribution in [0.5, 0.6) is 0 Å². The summed E-state index contributed by atoms with van der Waals surface area (Å²) in [6.45, 7) is 0. The number of hydrogen-bond donors (Lipinski definition) is 0. The van der Waals surface area contributed by atoms with E-state index in [0.717, 1.165) is 22.3 Å². The third-order valence-corrected chi connectivity index (χ3v) is 4.33. The van der Waals surface area contributed by atoms with Gasteiger partial charge in [-0.3, -0.25) is 9.59 Å². The molecular weight excluding hydrogens is 304 g/mol. The van der Waals surface area contributed by atoms with E-state index in [2.05, 4.69) is 0 Å². The van der Waals surface area contributed by atoms with E-state index in [1.54, 1.807) is 0 Å². The molecule has 0 heterocycles. The van der Waals surface area contributed by atoms with Crippen molar-refractivity contribution < 1.29 is 19.1 Å². The molecule has 2 aromatic carbocycles. The van der Waals surface area contributed by atoms with Gasteiger partial charge in [0.2, 0.25) is 0 Å². The lowest BCUT2D eigenvalue weighted by Crippen LogP contribution is -2.29. The van der Waals surface area contributed by atoms with Gasteiger partial charge >= 0.3 is 11.9 Å². The van der Waals surface area contributed by atoms with Gasteiger partial charge < -0.3 is 9.47 Å². The Labute approximate surface area is 140 Å². The molecule has 122 valence electrons. The Hall–Kier alpha value is -2.88. The Balaban J connectivity index is 2.21. The molecule has 1 fully saturated rings. The van der Waals surface area contributed by atoms with E-state index in [1.807, 2.05) is 60.7 Å². The molecule has 0 spiro atoms. The van der Waals surface area contributed by atoms with Crippen LogP contribution in [0.4, 0.5) is 0 Å². The molecule has 0 bridgehead atoms. The van der Waals surface area contributed by atoms with Crippen molar-refractivity contribution in [2.45, 2.75) is 6.42 Å². The number of hydrogen-bond acceptors (Lipinski definition) is 4. The molecule has 2 aromatic rings. The fraction of sp³-hybridized carbons (Fsp3) is 0.200. The molecule has 0 radical (unpaired) electrons. The van der Waals surface area contributed by atoms with Crippen LogP contribution >= 0.6 is 0 Å². The summed E-state index contributed by atoms with van der Waals surface area (Å²) in [6.07, 6.45) is 0.311. The van der Waals surface area contributed by atoms with E-state index in [4.69, 9.17) is 9.47 Å². The molecule has 0 aliphatic heterocycles. The number of carbonyl (C=O) groups excluding carboxylic acids is 2. The lowest BCUT2D eigenvalue weighted by Gasteiger charge is -2.13. The summed E-state index contributed by atoms with van der Waals surface area (Å²) < 4.78 is 9.76. The van der Waals surface area contributed by atoms with Gasteiger partial charge in [-0.1, -0.05) is 60.7 Å². The highest BCUT2D eigenvalue weighted by Crippen LogP contribution is 2.58. The van der Waals surface area contributed by atoms with Crippen molar-refractivity contribution in [1.82, 2.24) is 0 Å². The molecule has 0 aromatic heterocycles. The topological polar surface area (TPSA) is 52.6 Å². The van der Waals surface area contributed by atoms with E-state index >= 15 is 0 Å². The Kier molecular flexibility index (Phi) is 4.21. The van der Waals surface area contributed by atoms with Crippen LogP contribution in [0.15, 0.2) is 66.2 Å². The van der Waals surface area contributed by atoms with Crippen LogP contribution in [-0.4, -0.2) is 26.2 Å². The second kappa shape index (κ2) is 6.32. The summed E-state index contributed by atoms with van der Waals surface area (Å²) in [5.74, 6) is -1.15. The van der Waals surface area contributed by atoms with Crippen molar-refractivity contribution in [3.8, 4) is 0 Å². The van der Waals surface area contributed by atoms with Crippen molar-refractivity contribution >= 4 is 17.5 Å². The molecule has 0 saturated heterocycles. The van der Waals surface area contributed by atoms with Gasteiger partial charge in [0.25, 0.3) is 0 Å². The molecule has 0 amide bonds. The summed E-state index contributed by atoms with van der Waals surface area (Å²) in [5, 5.41) is 0. The Morgan fingerprint density at radius 1 is 0.792 bits per heavy atom. The Morgan fingerprint density at radius 3 is 1.58 bits per heavy atom. The van der Waals surface area contributed by atoms with Gasteiger partial charge in [0.1, 0.15) is 0 Å². The summed E-state index contributed by atoms with van der Waals surface area (Å²) in [4.78, 5) is 24.6. The third kappa shape index (κ3) is 2.50. The standard InChI is InChI=1S/C20H18O4/c1-23-18(21)20(19(22)24-2)13-16(20)17(14-9-5-3-6-10-14)15-11-7-4-8-12-15/h3-12H,13H2,1-2H3. The minimum absolute atomic E-state index is 0.311. The van der Waals surface area contributed by atoms with Gasteiger partial charge in [0.15, 0.2) is 5.41 Å². The van der Waals surface area contributed by atoms with Crippen LogP contribution in [0.3, 0.4) is 0 Å². The number of esters is 2. The maximum absolute atomic E-state index is 12.3. The first kappa shape index (κ1) is 16.0. The van der Waals surface area contributed by atoms with Gasteiger partial charge in [-0.2, -0.15) is 0 Å². The van der Waals surface area contributed by atoms with Gasteiger partial charge in [-0.05, 0) is 22.3 Å². The number of rotatable bonds is 4. The van der Waals surface area contributed by atoms with E-state index in [0.29, 0.717) is 6.42 Å². The van der Waals surface area contributed by atoms with Crippen molar-refractivity contribution in [2.75, 3.05) is 14.2 Å². The quantitative estimate of drug-likeness (QED) is 0.640. The van der Waals surface area contributed by atoms with Gasteiger partial charge in [-0.25, -0.2) is 0 Å². The SMILES string of the molecule is COC(=O)C1(C(=O)OC)CC1=C(c1ccccc1)c1ccccc1. The second-order valence-electron chi connectivity index (χ2n) is 5.65. The van der Waals surface area contributed by atoms with Crippen LogP contribution < -0.4 is 0 Å². The monoisotopic (exact) mass is 322 g/mol. The summed E-state index contributed by atoms with van der Waals surface area (Å²) in [7, 11) is 2.57. The summed E-state index contributed by atoms with van der Waals surface area (Å²) >= 11 is 0. The predicted molar refractivity (Wildman–Crippen MR) is 90.0 cm³/mol. The first-order chi connectivity index (χ1) is 11.6. The maximum Gasteiger partial charge on any atom is 0.327 e. The molecule has 4 heteroatoms. The molecule has 24 heavy (non-hydrogen) atoms. The summed E-state index contributed by atoms with van der Waals surface area (Å²) in [6, 6.07) is 19.4. The van der Waals surface area contributed by atoms with Crippen LogP contribution in [0.2, 0.25) is 0 Å². The Morgan fingerprint density at radius 2 is 1.21 bits per heavy atom. The van der Waals surface area contributed by atoms with Gasteiger partial charge in [0.05, 0.1) is 14.2 Å². The average molecular weight is 322 g/mol. The molecular formula is C20H18O4. The highest BCUT2D eigenvalue weighted by molar-refractivity contribution is 6.12. The minimum atomic E-state index is -1.33. The summed E-state index contributed by atoms with van der Waals surface area (Å²) in [5.41, 5.74) is 2.19. The van der Waals surface area contributed by atoms with Crippen molar-refractivity contribution in [3.05, 3.63) is 77.4 Å². The zero-order valence-electron chi connectivity index (χ0n) is 13.6. The highest BCUT2D eigenvalue weighted by Gasteiger charge is 2.65. The van der Waals surface area contributed by atoms with Gasteiger partial charge in [-0.15, -0.1) is 0 Å². The van der Waals surface area contributed by atoms with Gasteiger partial charge in [0, 0.05) is 6.42 Å². The van der Waals surface area contributed by atoms with Crippen molar-refractivity contribution in [2.24, 2.45) is 5.41 Å². The number of methoxy groups -OCH3 is 2. The van der Waals surface area contributed by atoms with Crippen LogP contribution in [0, 0.1) is 5.41 Å². The largest absolute Gasteiger partial charge is 0.468 e. The lowest BCUT2D eigenvalue weighted by atomic mass is 9.94. The van der Waals surface area contributed by atoms with E-state index < -0.39 is 17.4 Å². The van der Waals surface area contributed by atoms with Crippen LogP contribution in [0.1, 0.15) is 17.5 Å². The molecule has 0 unspecified atom stereocenters. The first-order valence-corrected chi connectivity index (χ1v) is 7.66.